The second-order valence-electron chi connectivity index (χ2n) is 6.66. The average molecular weight is 270 g/mol. The molecule has 0 spiro atoms. The summed E-state index contributed by atoms with van der Waals surface area (Å²) in [7, 11) is 0. The van der Waals surface area contributed by atoms with Crippen LogP contribution < -0.4 is 10.2 Å². The molecular formula is C16H18N2O2. The lowest BCUT2D eigenvalue weighted by molar-refractivity contribution is -0.125. The van der Waals surface area contributed by atoms with Crippen molar-refractivity contribution < 1.29 is 9.59 Å². The molecule has 2 aliphatic heterocycles. The predicted octanol–water partition coefficient (Wildman–Crippen LogP) is 2.19. The van der Waals surface area contributed by atoms with E-state index in [0.29, 0.717) is 0 Å². The second kappa shape index (κ2) is 3.62. The van der Waals surface area contributed by atoms with E-state index in [4.69, 9.17) is 0 Å². The van der Waals surface area contributed by atoms with Crippen LogP contribution in [-0.2, 0) is 16.0 Å². The number of benzene rings is 1. The van der Waals surface area contributed by atoms with E-state index in [1.54, 1.807) is 0 Å². The molecule has 2 heterocycles. The summed E-state index contributed by atoms with van der Waals surface area (Å²) in [5.74, 6) is -0.278. The lowest BCUT2D eigenvalue weighted by Gasteiger charge is -2.24. The number of amides is 2. The molecule has 4 rings (SSSR count). The molecule has 4 heteroatoms. The maximum atomic E-state index is 12.4. The summed E-state index contributed by atoms with van der Waals surface area (Å²) in [5, 5.41) is 3.35. The maximum absolute atomic E-state index is 12.4. The standard InChI is InChI=1S/C16H18N2O2/c1-16(2)12-13(16)15(20)18(14(12)19)10-6-5-9-4-3-7-17-11(9)8-10/h5-6,8,12-13,17H,3-4,7H2,1-2H3. The van der Waals surface area contributed by atoms with Crippen LogP contribution in [0.25, 0.3) is 0 Å². The summed E-state index contributed by atoms with van der Waals surface area (Å²) in [5.41, 5.74) is 2.91. The Morgan fingerprint density at radius 2 is 1.90 bits per heavy atom. The van der Waals surface area contributed by atoms with Crippen LogP contribution in [0.3, 0.4) is 0 Å². The molecule has 2 amide bonds. The predicted molar refractivity (Wildman–Crippen MR) is 76.5 cm³/mol. The van der Waals surface area contributed by atoms with Gasteiger partial charge in [-0.15, -0.1) is 0 Å². The van der Waals surface area contributed by atoms with Gasteiger partial charge in [0.2, 0.25) is 11.8 Å². The van der Waals surface area contributed by atoms with E-state index in [0.717, 1.165) is 30.8 Å². The molecule has 1 aromatic carbocycles. The van der Waals surface area contributed by atoms with Crippen molar-refractivity contribution in [3.8, 4) is 0 Å². The topological polar surface area (TPSA) is 49.4 Å². The van der Waals surface area contributed by atoms with Gasteiger partial charge < -0.3 is 5.32 Å². The van der Waals surface area contributed by atoms with Crippen LogP contribution in [0.4, 0.5) is 11.4 Å². The minimum Gasteiger partial charge on any atom is -0.385 e. The summed E-state index contributed by atoms with van der Waals surface area (Å²) in [6, 6.07) is 5.88. The molecule has 2 atom stereocenters. The van der Waals surface area contributed by atoms with E-state index in [9.17, 15) is 9.59 Å². The third-order valence-corrected chi connectivity index (χ3v) is 5.09. The minimum atomic E-state index is -0.142. The molecule has 1 aliphatic carbocycles. The molecule has 1 saturated heterocycles. The Morgan fingerprint density at radius 3 is 2.60 bits per heavy atom. The molecule has 4 nitrogen and oxygen atoms in total. The normalized spacial score (nSPS) is 29.8. The van der Waals surface area contributed by atoms with E-state index in [2.05, 4.69) is 5.32 Å². The summed E-state index contributed by atoms with van der Waals surface area (Å²) >= 11 is 0. The molecule has 104 valence electrons. The van der Waals surface area contributed by atoms with Gasteiger partial charge in [0.1, 0.15) is 0 Å². The van der Waals surface area contributed by atoms with E-state index in [1.165, 1.54) is 10.5 Å². The number of fused-ring (bicyclic) bond motifs is 2. The molecule has 2 unspecified atom stereocenters. The van der Waals surface area contributed by atoms with Gasteiger partial charge in [0, 0.05) is 12.2 Å². The van der Waals surface area contributed by atoms with Crippen LogP contribution in [0.5, 0.6) is 0 Å². The van der Waals surface area contributed by atoms with Crippen molar-refractivity contribution >= 4 is 23.2 Å². The highest BCUT2D eigenvalue weighted by Gasteiger charge is 2.72. The van der Waals surface area contributed by atoms with Gasteiger partial charge in [0.15, 0.2) is 0 Å². The van der Waals surface area contributed by atoms with Crippen molar-refractivity contribution in [1.29, 1.82) is 0 Å². The summed E-state index contributed by atoms with van der Waals surface area (Å²) < 4.78 is 0. The van der Waals surface area contributed by atoms with Gasteiger partial charge in [0.05, 0.1) is 17.5 Å². The Labute approximate surface area is 118 Å². The molecule has 2 fully saturated rings. The van der Waals surface area contributed by atoms with Gasteiger partial charge in [-0.2, -0.15) is 0 Å². The van der Waals surface area contributed by atoms with Crippen LogP contribution in [0.2, 0.25) is 0 Å². The van der Waals surface area contributed by atoms with Crippen molar-refractivity contribution in [1.82, 2.24) is 0 Å². The van der Waals surface area contributed by atoms with Crippen LogP contribution in [-0.4, -0.2) is 18.4 Å². The molecule has 0 radical (unpaired) electrons. The average Bonchev–Trinajstić information content (AvgIpc) is 2.88. The Bertz CT molecular complexity index is 611. The Kier molecular flexibility index (Phi) is 2.16. The third kappa shape index (κ3) is 1.37. The van der Waals surface area contributed by atoms with Crippen molar-refractivity contribution in [3.05, 3.63) is 23.8 Å². The molecule has 1 aromatic rings. The smallest absolute Gasteiger partial charge is 0.238 e. The van der Waals surface area contributed by atoms with Gasteiger partial charge in [-0.1, -0.05) is 19.9 Å². The van der Waals surface area contributed by atoms with E-state index >= 15 is 0 Å². The highest BCUT2D eigenvalue weighted by atomic mass is 16.2. The Hall–Kier alpha value is -1.84. The molecule has 1 N–H and O–H groups in total. The van der Waals surface area contributed by atoms with E-state index in [-0.39, 0.29) is 29.1 Å². The number of hydrogen-bond donors (Lipinski definition) is 1. The molecule has 1 saturated carbocycles. The highest BCUT2D eigenvalue weighted by molar-refractivity contribution is 6.25. The summed E-state index contributed by atoms with van der Waals surface area (Å²) in [6.45, 7) is 4.96. The Morgan fingerprint density at radius 1 is 1.20 bits per heavy atom. The number of anilines is 2. The first-order valence-electron chi connectivity index (χ1n) is 7.26. The number of nitrogens with one attached hydrogen (secondary N) is 1. The Balaban J connectivity index is 1.69. The lowest BCUT2D eigenvalue weighted by Crippen LogP contribution is -2.36. The molecule has 0 bridgehead atoms. The first-order chi connectivity index (χ1) is 9.51. The van der Waals surface area contributed by atoms with E-state index in [1.807, 2.05) is 32.0 Å². The number of aryl methyl sites for hydroxylation is 1. The van der Waals surface area contributed by atoms with Gasteiger partial charge in [0.25, 0.3) is 0 Å². The van der Waals surface area contributed by atoms with E-state index < -0.39 is 0 Å². The molecular weight excluding hydrogens is 252 g/mol. The van der Waals surface area contributed by atoms with Crippen molar-refractivity contribution in [2.75, 3.05) is 16.8 Å². The lowest BCUT2D eigenvalue weighted by atomic mass is 10.0. The fraction of sp³-hybridized carbons (Fsp3) is 0.500. The quantitative estimate of drug-likeness (QED) is 0.796. The second-order valence-corrected chi connectivity index (χ2v) is 6.66. The van der Waals surface area contributed by atoms with Gasteiger partial charge >= 0.3 is 0 Å². The third-order valence-electron chi connectivity index (χ3n) is 5.09. The number of piperidine rings is 1. The monoisotopic (exact) mass is 270 g/mol. The molecule has 0 aromatic heterocycles. The maximum Gasteiger partial charge on any atom is 0.238 e. The zero-order valence-corrected chi connectivity index (χ0v) is 11.8. The van der Waals surface area contributed by atoms with Gasteiger partial charge in [-0.3, -0.25) is 9.59 Å². The number of nitrogens with zero attached hydrogens (tertiary/aromatic N) is 1. The molecule has 20 heavy (non-hydrogen) atoms. The number of rotatable bonds is 1. The number of carbonyl (C=O) groups is 2. The number of imide groups is 1. The zero-order valence-electron chi connectivity index (χ0n) is 11.8. The SMILES string of the molecule is CC1(C)C2C(=O)N(c3ccc4c(c3)NCCC4)C(=O)C21. The number of carbonyl (C=O) groups excluding carboxylic acids is 2. The van der Waals surface area contributed by atoms with Crippen LogP contribution in [0, 0.1) is 17.3 Å². The van der Waals surface area contributed by atoms with Crippen molar-refractivity contribution in [2.24, 2.45) is 17.3 Å². The summed E-state index contributed by atoms with van der Waals surface area (Å²) in [4.78, 5) is 26.2. The minimum absolute atomic E-state index is 0.0271. The van der Waals surface area contributed by atoms with Gasteiger partial charge in [-0.05, 0) is 36.0 Å². The van der Waals surface area contributed by atoms with Crippen molar-refractivity contribution in [2.45, 2.75) is 26.7 Å². The fourth-order valence-corrected chi connectivity index (χ4v) is 3.79. The first kappa shape index (κ1) is 11.9. The largest absolute Gasteiger partial charge is 0.385 e. The fourth-order valence-electron chi connectivity index (χ4n) is 3.79. The summed E-state index contributed by atoms with van der Waals surface area (Å²) in [6.07, 6.45) is 2.19. The highest BCUT2D eigenvalue weighted by Crippen LogP contribution is 2.63. The van der Waals surface area contributed by atoms with Crippen LogP contribution in [0.15, 0.2) is 18.2 Å². The molecule has 3 aliphatic rings. The van der Waals surface area contributed by atoms with Crippen molar-refractivity contribution in [3.63, 3.8) is 0 Å². The zero-order chi connectivity index (χ0) is 14.1. The first-order valence-corrected chi connectivity index (χ1v) is 7.26. The van der Waals surface area contributed by atoms with Crippen LogP contribution in [0.1, 0.15) is 25.8 Å². The number of hydrogen-bond acceptors (Lipinski definition) is 3. The van der Waals surface area contributed by atoms with Gasteiger partial charge in [-0.25, -0.2) is 4.90 Å². The van der Waals surface area contributed by atoms with Crippen LogP contribution >= 0.6 is 0 Å².